The van der Waals surface area contributed by atoms with E-state index in [1.807, 2.05) is 19.2 Å². The minimum atomic E-state index is -0.137. The monoisotopic (exact) mass is 195 g/mol. The van der Waals surface area contributed by atoms with Crippen molar-refractivity contribution >= 4 is 0 Å². The quantitative estimate of drug-likeness (QED) is 0.764. The lowest BCUT2D eigenvalue weighted by atomic mass is 9.82. The number of benzene rings is 1. The van der Waals surface area contributed by atoms with E-state index in [-0.39, 0.29) is 17.3 Å². The normalized spacial score (nSPS) is 14.1. The van der Waals surface area contributed by atoms with Crippen molar-refractivity contribution in [2.45, 2.75) is 26.8 Å². The zero-order chi connectivity index (χ0) is 10.8. The fraction of sp³-hybridized carbons (Fsp3) is 0.500. The predicted molar refractivity (Wildman–Crippen MR) is 57.7 cm³/mol. The van der Waals surface area contributed by atoms with Gasteiger partial charge < -0.3 is 5.32 Å². The molecule has 0 aromatic heterocycles. The molecule has 1 atom stereocenters. The summed E-state index contributed by atoms with van der Waals surface area (Å²) >= 11 is 0. The van der Waals surface area contributed by atoms with E-state index in [0.29, 0.717) is 0 Å². The Morgan fingerprint density at radius 3 is 2.21 bits per heavy atom. The molecular weight excluding hydrogens is 177 g/mol. The third kappa shape index (κ3) is 2.32. The molecule has 0 bridgehead atoms. The third-order valence-electron chi connectivity index (χ3n) is 2.37. The Hall–Kier alpha value is -0.890. The fourth-order valence-electron chi connectivity index (χ4n) is 1.76. The summed E-state index contributed by atoms with van der Waals surface area (Å²) in [6, 6.07) is 6.97. The van der Waals surface area contributed by atoms with Gasteiger partial charge in [0.2, 0.25) is 0 Å². The Labute approximate surface area is 85.3 Å². The van der Waals surface area contributed by atoms with Gasteiger partial charge in [-0.25, -0.2) is 4.39 Å². The van der Waals surface area contributed by atoms with Gasteiger partial charge in [-0.3, -0.25) is 0 Å². The molecule has 0 aliphatic carbocycles. The first-order valence-corrected chi connectivity index (χ1v) is 4.88. The summed E-state index contributed by atoms with van der Waals surface area (Å²) in [4.78, 5) is 0. The summed E-state index contributed by atoms with van der Waals surface area (Å²) in [5.41, 5.74) is 0.749. The standard InChI is InChI=1S/C12H18FN/c1-12(2,3)11(14-4)9-7-5-6-8-10(9)13/h5-8,11,14H,1-4H3. The minimum Gasteiger partial charge on any atom is -0.312 e. The number of hydrogen-bond acceptors (Lipinski definition) is 1. The summed E-state index contributed by atoms with van der Waals surface area (Å²) in [6.07, 6.45) is 0. The number of rotatable bonds is 2. The molecule has 0 radical (unpaired) electrons. The molecule has 1 aromatic rings. The van der Waals surface area contributed by atoms with Gasteiger partial charge in [-0.2, -0.15) is 0 Å². The average Bonchev–Trinajstić information content (AvgIpc) is 2.07. The van der Waals surface area contributed by atoms with Gasteiger partial charge in [-0.05, 0) is 18.5 Å². The molecule has 78 valence electrons. The van der Waals surface area contributed by atoms with E-state index >= 15 is 0 Å². The lowest BCUT2D eigenvalue weighted by Crippen LogP contribution is -2.30. The van der Waals surface area contributed by atoms with Gasteiger partial charge in [0.1, 0.15) is 5.82 Å². The number of halogens is 1. The lowest BCUT2D eigenvalue weighted by Gasteiger charge is -2.31. The largest absolute Gasteiger partial charge is 0.312 e. The third-order valence-corrected chi connectivity index (χ3v) is 2.37. The molecule has 0 saturated heterocycles. The van der Waals surface area contributed by atoms with Crippen molar-refractivity contribution in [3.63, 3.8) is 0 Å². The second-order valence-electron chi connectivity index (χ2n) is 4.61. The lowest BCUT2D eigenvalue weighted by molar-refractivity contribution is 0.280. The minimum absolute atomic E-state index is 0.0109. The molecule has 0 aliphatic rings. The van der Waals surface area contributed by atoms with E-state index < -0.39 is 0 Å². The highest BCUT2D eigenvalue weighted by Gasteiger charge is 2.26. The van der Waals surface area contributed by atoms with Crippen molar-refractivity contribution < 1.29 is 4.39 Å². The Balaban J connectivity index is 3.08. The summed E-state index contributed by atoms with van der Waals surface area (Å²) in [7, 11) is 1.86. The van der Waals surface area contributed by atoms with Crippen LogP contribution in [0.4, 0.5) is 4.39 Å². The van der Waals surface area contributed by atoms with Crippen LogP contribution in [0.5, 0.6) is 0 Å². The van der Waals surface area contributed by atoms with Crippen LogP contribution in [0.3, 0.4) is 0 Å². The molecular formula is C12H18FN. The van der Waals surface area contributed by atoms with Crippen LogP contribution in [0.1, 0.15) is 32.4 Å². The van der Waals surface area contributed by atoms with Crippen LogP contribution >= 0.6 is 0 Å². The maximum Gasteiger partial charge on any atom is 0.127 e. The molecule has 0 amide bonds. The zero-order valence-corrected chi connectivity index (χ0v) is 9.26. The van der Waals surface area contributed by atoms with Crippen molar-refractivity contribution in [3.05, 3.63) is 35.6 Å². The van der Waals surface area contributed by atoms with E-state index in [4.69, 9.17) is 0 Å². The van der Waals surface area contributed by atoms with Crippen molar-refractivity contribution in [2.75, 3.05) is 7.05 Å². The highest BCUT2D eigenvalue weighted by atomic mass is 19.1. The van der Waals surface area contributed by atoms with Crippen molar-refractivity contribution in [1.82, 2.24) is 5.32 Å². The number of nitrogens with one attached hydrogen (secondary N) is 1. The molecule has 0 heterocycles. The van der Waals surface area contributed by atoms with Crippen molar-refractivity contribution in [2.24, 2.45) is 5.41 Å². The number of hydrogen-bond donors (Lipinski definition) is 1. The topological polar surface area (TPSA) is 12.0 Å². The molecule has 1 unspecified atom stereocenters. The Bertz CT molecular complexity index is 301. The van der Waals surface area contributed by atoms with E-state index in [2.05, 4.69) is 26.1 Å². The molecule has 0 saturated carbocycles. The second-order valence-corrected chi connectivity index (χ2v) is 4.61. The van der Waals surface area contributed by atoms with Crippen LogP contribution in [0.2, 0.25) is 0 Å². The molecule has 14 heavy (non-hydrogen) atoms. The highest BCUT2D eigenvalue weighted by Crippen LogP contribution is 2.33. The SMILES string of the molecule is CNC(c1ccccc1F)C(C)(C)C. The average molecular weight is 195 g/mol. The van der Waals surface area contributed by atoms with Gasteiger partial charge >= 0.3 is 0 Å². The molecule has 0 aliphatic heterocycles. The van der Waals surface area contributed by atoms with E-state index in [1.54, 1.807) is 6.07 Å². The van der Waals surface area contributed by atoms with E-state index in [0.717, 1.165) is 5.56 Å². The highest BCUT2D eigenvalue weighted by molar-refractivity contribution is 5.22. The van der Waals surface area contributed by atoms with Crippen LogP contribution in [0.15, 0.2) is 24.3 Å². The molecule has 1 aromatic carbocycles. The van der Waals surface area contributed by atoms with E-state index in [1.165, 1.54) is 6.07 Å². The van der Waals surface area contributed by atoms with Crippen LogP contribution < -0.4 is 5.32 Å². The Morgan fingerprint density at radius 2 is 1.79 bits per heavy atom. The molecule has 0 fully saturated rings. The maximum atomic E-state index is 13.5. The van der Waals surface area contributed by atoms with Gasteiger partial charge in [-0.15, -0.1) is 0 Å². The van der Waals surface area contributed by atoms with Gasteiger partial charge in [0.05, 0.1) is 0 Å². The van der Waals surface area contributed by atoms with Gasteiger partial charge in [0.15, 0.2) is 0 Å². The van der Waals surface area contributed by atoms with Crippen LogP contribution in [-0.2, 0) is 0 Å². The summed E-state index contributed by atoms with van der Waals surface area (Å²) in [6.45, 7) is 6.29. The predicted octanol–water partition coefficient (Wildman–Crippen LogP) is 3.13. The molecule has 1 N–H and O–H groups in total. The van der Waals surface area contributed by atoms with Gasteiger partial charge in [0, 0.05) is 11.6 Å². The smallest absolute Gasteiger partial charge is 0.127 e. The first-order valence-electron chi connectivity index (χ1n) is 4.88. The molecule has 1 nitrogen and oxygen atoms in total. The fourth-order valence-corrected chi connectivity index (χ4v) is 1.76. The van der Waals surface area contributed by atoms with Crippen molar-refractivity contribution in [3.8, 4) is 0 Å². The molecule has 0 spiro atoms. The second kappa shape index (κ2) is 4.09. The summed E-state index contributed by atoms with van der Waals surface area (Å²) in [5.74, 6) is -0.137. The van der Waals surface area contributed by atoms with Crippen LogP contribution in [0, 0.1) is 11.2 Å². The molecule has 1 rings (SSSR count). The van der Waals surface area contributed by atoms with Crippen molar-refractivity contribution in [1.29, 1.82) is 0 Å². The first-order chi connectivity index (χ1) is 6.46. The summed E-state index contributed by atoms with van der Waals surface area (Å²) in [5, 5.41) is 3.16. The Morgan fingerprint density at radius 1 is 1.21 bits per heavy atom. The molecule has 2 heteroatoms. The van der Waals surface area contributed by atoms with E-state index in [9.17, 15) is 4.39 Å². The van der Waals surface area contributed by atoms with Crippen LogP contribution in [0.25, 0.3) is 0 Å². The van der Waals surface area contributed by atoms with Gasteiger partial charge in [-0.1, -0.05) is 39.0 Å². The maximum absolute atomic E-state index is 13.5. The zero-order valence-electron chi connectivity index (χ0n) is 9.26. The van der Waals surface area contributed by atoms with Gasteiger partial charge in [0.25, 0.3) is 0 Å². The van der Waals surface area contributed by atoms with Crippen LogP contribution in [-0.4, -0.2) is 7.05 Å². The Kier molecular flexibility index (Phi) is 3.27. The first kappa shape index (κ1) is 11.2. The summed E-state index contributed by atoms with van der Waals surface area (Å²) < 4.78 is 13.5.